The molecule has 4 aromatic rings. The molecular formula is C27H24ClN5O2S. The van der Waals surface area contributed by atoms with Crippen LogP contribution in [0.2, 0.25) is 0 Å². The molecule has 0 saturated heterocycles. The van der Waals surface area contributed by atoms with Crippen LogP contribution in [0.5, 0.6) is 5.75 Å². The zero-order chi connectivity index (χ0) is 25.2. The Kier molecular flexibility index (Phi) is 8.91. The fraction of sp³-hybridized carbons (Fsp3) is 0.111. The smallest absolute Gasteiger partial charge is 0.250 e. The first kappa shape index (κ1) is 25.2. The molecule has 7 nitrogen and oxygen atoms in total. The van der Waals surface area contributed by atoms with Gasteiger partial charge in [-0.15, -0.1) is 10.2 Å². The van der Waals surface area contributed by atoms with Crippen LogP contribution in [0.25, 0.3) is 23.2 Å². The molecule has 0 atom stereocenters. The van der Waals surface area contributed by atoms with Crippen LogP contribution in [0, 0.1) is 0 Å². The molecular weight excluding hydrogens is 494 g/mol. The number of hydrazone groups is 1. The van der Waals surface area contributed by atoms with E-state index in [9.17, 15) is 4.79 Å². The van der Waals surface area contributed by atoms with Gasteiger partial charge in [0.15, 0.2) is 11.0 Å². The van der Waals surface area contributed by atoms with Gasteiger partial charge < -0.3 is 4.74 Å². The number of ether oxygens (including phenoxy) is 1. The fourth-order valence-corrected chi connectivity index (χ4v) is 4.22. The highest BCUT2D eigenvalue weighted by Crippen LogP contribution is 2.28. The highest BCUT2D eigenvalue weighted by atomic mass is 35.5. The van der Waals surface area contributed by atoms with Gasteiger partial charge in [-0.05, 0) is 42.8 Å². The molecule has 1 amide bonds. The predicted molar refractivity (Wildman–Crippen MR) is 146 cm³/mol. The summed E-state index contributed by atoms with van der Waals surface area (Å²) < 4.78 is 7.49. The largest absolute Gasteiger partial charge is 0.494 e. The minimum absolute atomic E-state index is 0.0985. The molecule has 1 heterocycles. The average Bonchev–Trinajstić information content (AvgIpc) is 3.33. The van der Waals surface area contributed by atoms with E-state index >= 15 is 0 Å². The highest BCUT2D eigenvalue weighted by Gasteiger charge is 2.17. The van der Waals surface area contributed by atoms with Gasteiger partial charge in [-0.3, -0.25) is 9.36 Å². The van der Waals surface area contributed by atoms with Crippen molar-refractivity contribution >= 4 is 41.6 Å². The lowest BCUT2D eigenvalue weighted by atomic mass is 10.2. The summed E-state index contributed by atoms with van der Waals surface area (Å²) in [4.78, 5) is 12.4. The average molecular weight is 518 g/mol. The Balaban J connectivity index is 1.46. The topological polar surface area (TPSA) is 81.4 Å². The lowest BCUT2D eigenvalue weighted by Gasteiger charge is -2.11. The Morgan fingerprint density at radius 2 is 1.72 bits per heavy atom. The van der Waals surface area contributed by atoms with E-state index in [1.807, 2.05) is 96.4 Å². The third-order valence-corrected chi connectivity index (χ3v) is 6.02. The molecule has 0 saturated carbocycles. The molecule has 0 spiro atoms. The molecule has 0 aliphatic carbocycles. The standard InChI is InChI=1S/C27H24ClN5O2S/c1-2-35-24-15-13-23(14-16-24)33-26(21-11-7-4-8-12-21)31-32-27(33)36-19-25(34)30-29-18-22(28)17-20-9-5-3-6-10-20/h3-18H,2,19H2,1H3,(H,30,34). The third-order valence-electron chi connectivity index (χ3n) is 4.88. The Hall–Kier alpha value is -3.88. The van der Waals surface area contributed by atoms with Crippen molar-refractivity contribution in [2.24, 2.45) is 5.10 Å². The number of carbonyl (C=O) groups excluding carboxylic acids is 1. The van der Waals surface area contributed by atoms with E-state index in [1.54, 1.807) is 6.08 Å². The molecule has 182 valence electrons. The van der Waals surface area contributed by atoms with Crippen LogP contribution >= 0.6 is 23.4 Å². The van der Waals surface area contributed by atoms with Crippen LogP contribution in [-0.4, -0.2) is 39.2 Å². The minimum atomic E-state index is -0.289. The first-order chi connectivity index (χ1) is 17.6. The summed E-state index contributed by atoms with van der Waals surface area (Å²) in [5.41, 5.74) is 5.22. The number of hydrogen-bond donors (Lipinski definition) is 1. The van der Waals surface area contributed by atoms with E-state index in [0.717, 1.165) is 22.6 Å². The first-order valence-corrected chi connectivity index (χ1v) is 12.6. The molecule has 9 heteroatoms. The molecule has 4 rings (SSSR count). The Labute approximate surface area is 218 Å². The predicted octanol–water partition coefficient (Wildman–Crippen LogP) is 5.81. The molecule has 0 aliphatic rings. The van der Waals surface area contributed by atoms with Crippen molar-refractivity contribution in [3.8, 4) is 22.8 Å². The number of carbonyl (C=O) groups is 1. The van der Waals surface area contributed by atoms with Gasteiger partial charge in [0.25, 0.3) is 5.91 Å². The fourth-order valence-electron chi connectivity index (χ4n) is 3.30. The lowest BCUT2D eigenvalue weighted by Crippen LogP contribution is -2.19. The quantitative estimate of drug-likeness (QED) is 0.163. The van der Waals surface area contributed by atoms with Crippen LogP contribution in [0.1, 0.15) is 12.5 Å². The summed E-state index contributed by atoms with van der Waals surface area (Å²) in [7, 11) is 0. The monoisotopic (exact) mass is 517 g/mol. The van der Waals surface area contributed by atoms with Crippen LogP contribution in [0.4, 0.5) is 0 Å². The number of halogens is 1. The highest BCUT2D eigenvalue weighted by molar-refractivity contribution is 7.99. The van der Waals surface area contributed by atoms with E-state index in [-0.39, 0.29) is 11.7 Å². The number of aromatic nitrogens is 3. The second kappa shape index (κ2) is 12.7. The summed E-state index contributed by atoms with van der Waals surface area (Å²) in [6.45, 7) is 2.53. The van der Waals surface area contributed by atoms with E-state index in [1.165, 1.54) is 18.0 Å². The van der Waals surface area contributed by atoms with Crippen molar-refractivity contribution in [3.05, 3.63) is 95.5 Å². The van der Waals surface area contributed by atoms with Crippen molar-refractivity contribution in [2.75, 3.05) is 12.4 Å². The van der Waals surface area contributed by atoms with Crippen molar-refractivity contribution in [1.82, 2.24) is 20.2 Å². The maximum atomic E-state index is 12.4. The second-order valence-electron chi connectivity index (χ2n) is 7.46. The number of amides is 1. The lowest BCUT2D eigenvalue weighted by molar-refractivity contribution is -0.118. The van der Waals surface area contributed by atoms with Gasteiger partial charge in [-0.1, -0.05) is 84.0 Å². The van der Waals surface area contributed by atoms with Gasteiger partial charge in [-0.25, -0.2) is 5.43 Å². The van der Waals surface area contributed by atoms with Crippen LogP contribution < -0.4 is 10.2 Å². The van der Waals surface area contributed by atoms with Crippen molar-refractivity contribution in [1.29, 1.82) is 0 Å². The summed E-state index contributed by atoms with van der Waals surface area (Å²) in [5.74, 6) is 1.27. The first-order valence-electron chi connectivity index (χ1n) is 11.2. The molecule has 1 aromatic heterocycles. The molecule has 0 unspecified atom stereocenters. The Morgan fingerprint density at radius 1 is 1.03 bits per heavy atom. The van der Waals surface area contributed by atoms with Crippen molar-refractivity contribution < 1.29 is 9.53 Å². The zero-order valence-corrected chi connectivity index (χ0v) is 21.1. The third kappa shape index (κ3) is 6.84. The SMILES string of the molecule is CCOc1ccc(-n2c(SCC(=O)NN=CC(Cl)=Cc3ccccc3)nnc2-c2ccccc2)cc1. The maximum Gasteiger partial charge on any atom is 0.250 e. The Bertz CT molecular complexity index is 1340. The van der Waals surface area contributed by atoms with Crippen molar-refractivity contribution in [2.45, 2.75) is 12.1 Å². The van der Waals surface area contributed by atoms with Gasteiger partial charge in [0.1, 0.15) is 5.75 Å². The van der Waals surface area contributed by atoms with Crippen molar-refractivity contribution in [3.63, 3.8) is 0 Å². The summed E-state index contributed by atoms with van der Waals surface area (Å²) in [5, 5.41) is 13.7. The summed E-state index contributed by atoms with van der Waals surface area (Å²) in [6.07, 6.45) is 3.16. The minimum Gasteiger partial charge on any atom is -0.494 e. The van der Waals surface area contributed by atoms with Crippen LogP contribution in [0.3, 0.4) is 0 Å². The summed E-state index contributed by atoms with van der Waals surface area (Å²) in [6, 6.07) is 27.1. The second-order valence-corrected chi connectivity index (χ2v) is 8.84. The van der Waals surface area contributed by atoms with E-state index in [2.05, 4.69) is 20.7 Å². The molecule has 0 aliphatic heterocycles. The Morgan fingerprint density at radius 3 is 2.42 bits per heavy atom. The number of thioether (sulfide) groups is 1. The molecule has 1 N–H and O–H groups in total. The molecule has 0 fully saturated rings. The molecule has 36 heavy (non-hydrogen) atoms. The number of allylic oxidation sites excluding steroid dienone is 1. The molecule has 0 bridgehead atoms. The normalized spacial score (nSPS) is 11.6. The summed E-state index contributed by atoms with van der Waals surface area (Å²) >= 11 is 7.44. The van der Waals surface area contributed by atoms with Crippen LogP contribution in [-0.2, 0) is 4.79 Å². The van der Waals surface area contributed by atoms with Gasteiger partial charge in [0, 0.05) is 11.3 Å². The van der Waals surface area contributed by atoms with Crippen LogP contribution in [0.15, 0.2) is 100 Å². The number of nitrogens with zero attached hydrogens (tertiary/aromatic N) is 4. The van der Waals surface area contributed by atoms with E-state index < -0.39 is 0 Å². The molecule has 0 radical (unpaired) electrons. The number of benzene rings is 3. The van der Waals surface area contributed by atoms with Gasteiger partial charge in [0.05, 0.1) is 23.6 Å². The van der Waals surface area contributed by atoms with E-state index in [4.69, 9.17) is 16.3 Å². The number of hydrogen-bond acceptors (Lipinski definition) is 6. The van der Waals surface area contributed by atoms with Gasteiger partial charge in [-0.2, -0.15) is 5.10 Å². The zero-order valence-electron chi connectivity index (χ0n) is 19.5. The van der Waals surface area contributed by atoms with Gasteiger partial charge in [0.2, 0.25) is 0 Å². The van der Waals surface area contributed by atoms with E-state index in [0.29, 0.717) is 22.6 Å². The molecule has 3 aromatic carbocycles. The maximum absolute atomic E-state index is 12.4. The number of nitrogens with one attached hydrogen (secondary N) is 1. The number of rotatable bonds is 10. The van der Waals surface area contributed by atoms with Gasteiger partial charge >= 0.3 is 0 Å².